The molecular formula is C56H72Cl2SiZr-2. The molecule has 2 saturated carbocycles. The SMILES string of the molecule is CCCC1(Cc2cc3c(-c4ccccc4C(C)(C)C)cccc3[cH-]2)CCC1.CCCC1(Cc2cc3c(-c4ccccc4C(C)(C)C)cccc3[cH-]2)CCC1.C[Si](C)=[Zr+2].[Cl-].[Cl-]. The van der Waals surface area contributed by atoms with Crippen LogP contribution in [0.3, 0.4) is 0 Å². The van der Waals surface area contributed by atoms with Crippen LogP contribution in [-0.4, -0.2) is 5.43 Å². The Hall–Kier alpha value is -2.22. The molecule has 2 aliphatic rings. The maximum absolute atomic E-state index is 2.49. The quantitative estimate of drug-likeness (QED) is 0.0949. The number of hydrogen-bond donors (Lipinski definition) is 0. The fourth-order valence-electron chi connectivity index (χ4n) is 10.3. The monoisotopic (exact) mass is 932 g/mol. The van der Waals surface area contributed by atoms with E-state index in [9.17, 15) is 0 Å². The van der Waals surface area contributed by atoms with E-state index in [0.29, 0.717) is 10.8 Å². The van der Waals surface area contributed by atoms with Gasteiger partial charge in [-0.2, -0.15) is 12.1 Å². The molecule has 0 saturated heterocycles. The molecule has 0 radical (unpaired) electrons. The third-order valence-electron chi connectivity index (χ3n) is 13.2. The number of benzene rings is 4. The predicted molar refractivity (Wildman–Crippen MR) is 255 cm³/mol. The Morgan fingerprint density at radius 2 is 0.867 bits per heavy atom. The number of rotatable bonds is 10. The van der Waals surface area contributed by atoms with Crippen molar-refractivity contribution in [2.45, 2.75) is 156 Å². The molecule has 4 heteroatoms. The molecule has 0 atom stereocenters. The van der Waals surface area contributed by atoms with Gasteiger partial charge in [-0.15, -0.1) is 69.1 Å². The molecule has 0 heterocycles. The molecule has 60 heavy (non-hydrogen) atoms. The Bertz CT molecular complexity index is 2140. The van der Waals surface area contributed by atoms with Gasteiger partial charge in [0, 0.05) is 0 Å². The van der Waals surface area contributed by atoms with Crippen LogP contribution in [0.1, 0.15) is 142 Å². The van der Waals surface area contributed by atoms with E-state index in [2.05, 4.69) is 178 Å². The van der Waals surface area contributed by atoms with E-state index < -0.39 is 0 Å². The smallest absolute Gasteiger partial charge is 1.00 e. The fourth-order valence-corrected chi connectivity index (χ4v) is 10.3. The van der Waals surface area contributed by atoms with Crippen molar-refractivity contribution in [3.8, 4) is 22.3 Å². The van der Waals surface area contributed by atoms with E-state index in [4.69, 9.17) is 0 Å². The molecule has 320 valence electrons. The summed E-state index contributed by atoms with van der Waals surface area (Å²) in [6.07, 6.45) is 16.4. The second kappa shape index (κ2) is 21.4. The van der Waals surface area contributed by atoms with Gasteiger partial charge in [-0.05, 0) is 95.3 Å². The van der Waals surface area contributed by atoms with Crippen molar-refractivity contribution in [3.63, 3.8) is 0 Å². The summed E-state index contributed by atoms with van der Waals surface area (Å²) >= 11 is 1.74. The minimum atomic E-state index is 0. The third-order valence-corrected chi connectivity index (χ3v) is 13.2. The molecule has 0 nitrogen and oxygen atoms in total. The van der Waals surface area contributed by atoms with E-state index in [-0.39, 0.29) is 41.1 Å². The van der Waals surface area contributed by atoms with Gasteiger partial charge in [0.2, 0.25) is 0 Å². The van der Waals surface area contributed by atoms with Crippen molar-refractivity contribution in [1.29, 1.82) is 0 Å². The predicted octanol–water partition coefficient (Wildman–Crippen LogP) is 10.9. The first-order chi connectivity index (χ1) is 27.6. The van der Waals surface area contributed by atoms with Gasteiger partial charge in [0.25, 0.3) is 0 Å². The molecule has 2 fully saturated rings. The largest absolute Gasteiger partial charge is 1.00 e. The summed E-state index contributed by atoms with van der Waals surface area (Å²) in [4.78, 5) is 0. The zero-order chi connectivity index (χ0) is 41.7. The summed E-state index contributed by atoms with van der Waals surface area (Å²) < 4.78 is 0. The first-order valence-electron chi connectivity index (χ1n) is 22.7. The molecule has 2 aliphatic carbocycles. The van der Waals surface area contributed by atoms with Gasteiger partial charge in [-0.3, -0.25) is 0 Å². The zero-order valence-electron chi connectivity index (χ0n) is 38.6. The molecule has 0 unspecified atom stereocenters. The van der Waals surface area contributed by atoms with Crippen molar-refractivity contribution in [3.05, 3.63) is 131 Å². The van der Waals surface area contributed by atoms with Crippen LogP contribution in [0.5, 0.6) is 0 Å². The first kappa shape index (κ1) is 50.4. The summed E-state index contributed by atoms with van der Waals surface area (Å²) in [5, 5.41) is 5.65. The van der Waals surface area contributed by atoms with Crippen LogP contribution in [0.15, 0.2) is 109 Å². The Kier molecular flexibility index (Phi) is 18.0. The van der Waals surface area contributed by atoms with Crippen LogP contribution < -0.4 is 24.8 Å². The molecule has 6 aromatic carbocycles. The Morgan fingerprint density at radius 3 is 1.17 bits per heavy atom. The Balaban J connectivity index is 0.000000236. The van der Waals surface area contributed by atoms with Gasteiger partial charge in [-0.25, -0.2) is 0 Å². The Morgan fingerprint density at radius 1 is 0.533 bits per heavy atom. The summed E-state index contributed by atoms with van der Waals surface area (Å²) in [6.45, 7) is 23.2. The van der Waals surface area contributed by atoms with Gasteiger partial charge in [0.15, 0.2) is 0 Å². The average molecular weight is 935 g/mol. The van der Waals surface area contributed by atoms with Crippen molar-refractivity contribution >= 4 is 27.0 Å². The molecule has 0 amide bonds. The van der Waals surface area contributed by atoms with Gasteiger partial charge in [0.05, 0.1) is 0 Å². The molecule has 0 spiro atoms. The summed E-state index contributed by atoms with van der Waals surface area (Å²) in [5.41, 5.74) is 13.2. The van der Waals surface area contributed by atoms with Crippen LogP contribution in [0.4, 0.5) is 0 Å². The summed E-state index contributed by atoms with van der Waals surface area (Å²) in [6, 6.07) is 41.4. The summed E-state index contributed by atoms with van der Waals surface area (Å²) in [5.74, 6) is 0. The van der Waals surface area contributed by atoms with E-state index in [0.717, 1.165) is 0 Å². The standard InChI is InChI=1S/2C27H33.C2H6Si.2ClH.Zr/c2*1-5-14-27(15-9-16-27)19-20-17-21-10-8-12-22(24(21)18-20)23-11-6-7-13-25(23)26(2,3)4;1-3-2;;;/h2*6-8,10-13,17-18H,5,9,14-16,19H2,1-4H3;1-2H3;2*1H;/q2*-1;;;;+2/p-2. The first-order valence-corrected chi connectivity index (χ1v) is 28.8. The van der Waals surface area contributed by atoms with Crippen LogP contribution >= 0.6 is 0 Å². The van der Waals surface area contributed by atoms with Gasteiger partial charge < -0.3 is 24.8 Å². The Labute approximate surface area is 393 Å². The second-order valence-corrected chi connectivity index (χ2v) is 29.9. The molecule has 0 aliphatic heterocycles. The van der Waals surface area contributed by atoms with Crippen molar-refractivity contribution in [2.75, 3.05) is 0 Å². The van der Waals surface area contributed by atoms with E-state index in [1.54, 1.807) is 34.5 Å². The molecule has 0 aromatic heterocycles. The van der Waals surface area contributed by atoms with Crippen molar-refractivity contribution in [2.24, 2.45) is 10.8 Å². The van der Waals surface area contributed by atoms with Gasteiger partial charge >= 0.3 is 41.9 Å². The third kappa shape index (κ3) is 12.1. The molecule has 6 aromatic rings. The fraction of sp³-hybridized carbons (Fsp3) is 0.464. The van der Waals surface area contributed by atoms with E-state index in [1.165, 1.54) is 132 Å². The van der Waals surface area contributed by atoms with Crippen LogP contribution in [0.25, 0.3) is 43.8 Å². The van der Waals surface area contributed by atoms with Gasteiger partial charge in [0.1, 0.15) is 0 Å². The second-order valence-electron chi connectivity index (χ2n) is 20.5. The number of fused-ring (bicyclic) bond motifs is 2. The molecule has 0 N–H and O–H groups in total. The normalized spacial score (nSPS) is 15.3. The maximum Gasteiger partial charge on any atom is -1.00 e. The molecular weight excluding hydrogens is 863 g/mol. The van der Waals surface area contributed by atoms with Crippen LogP contribution in [-0.2, 0) is 47.0 Å². The van der Waals surface area contributed by atoms with Gasteiger partial charge in [-0.1, -0.05) is 153 Å². The van der Waals surface area contributed by atoms with Crippen molar-refractivity contribution in [1.82, 2.24) is 0 Å². The minimum Gasteiger partial charge on any atom is -1.00 e. The maximum atomic E-state index is 2.49. The van der Waals surface area contributed by atoms with Crippen molar-refractivity contribution < 1.29 is 48.1 Å². The average Bonchev–Trinajstić information content (AvgIpc) is 3.76. The number of halogens is 2. The zero-order valence-corrected chi connectivity index (χ0v) is 43.6. The van der Waals surface area contributed by atoms with Crippen LogP contribution in [0, 0.1) is 10.8 Å². The topological polar surface area (TPSA) is 0 Å². The van der Waals surface area contributed by atoms with E-state index >= 15 is 0 Å². The minimum absolute atomic E-state index is 0. The molecule has 0 bridgehead atoms. The summed E-state index contributed by atoms with van der Waals surface area (Å²) in [7, 11) is 0. The number of hydrogen-bond acceptors (Lipinski definition) is 0. The van der Waals surface area contributed by atoms with E-state index in [1.807, 2.05) is 0 Å². The van der Waals surface area contributed by atoms with Crippen LogP contribution in [0.2, 0.25) is 13.1 Å². The molecule has 8 rings (SSSR count).